The number of carbonyl (C=O) groups excluding carboxylic acids is 2. The molecule has 1 fully saturated rings. The third-order valence-corrected chi connectivity index (χ3v) is 5.67. The highest BCUT2D eigenvalue weighted by molar-refractivity contribution is 5.97. The van der Waals surface area contributed by atoms with Crippen molar-refractivity contribution in [2.75, 3.05) is 6.54 Å². The highest BCUT2D eigenvalue weighted by atomic mass is 19.4. The van der Waals surface area contributed by atoms with Crippen LogP contribution < -0.4 is 0 Å². The second-order valence-corrected chi connectivity index (χ2v) is 8.18. The fourth-order valence-corrected chi connectivity index (χ4v) is 3.67. The Labute approximate surface area is 189 Å². The molecule has 1 saturated carbocycles. The highest BCUT2D eigenvalue weighted by Gasteiger charge is 2.37. The van der Waals surface area contributed by atoms with Crippen LogP contribution in [-0.2, 0) is 31.1 Å². The van der Waals surface area contributed by atoms with E-state index < -0.39 is 17.6 Å². The van der Waals surface area contributed by atoms with Gasteiger partial charge in [0.2, 0.25) is 5.91 Å². The van der Waals surface area contributed by atoms with Crippen molar-refractivity contribution in [2.45, 2.75) is 38.1 Å². The molecular formula is C24H24F3N3O3. The summed E-state index contributed by atoms with van der Waals surface area (Å²) in [6.07, 6.45) is 0.278. The predicted molar refractivity (Wildman–Crippen MR) is 114 cm³/mol. The van der Waals surface area contributed by atoms with E-state index in [1.54, 1.807) is 17.0 Å². The van der Waals surface area contributed by atoms with E-state index in [-0.39, 0.29) is 30.6 Å². The lowest BCUT2D eigenvalue weighted by Crippen LogP contribution is -2.43. The first-order chi connectivity index (χ1) is 15.7. The Morgan fingerprint density at radius 3 is 2.48 bits per heavy atom. The highest BCUT2D eigenvalue weighted by Crippen LogP contribution is 2.32. The van der Waals surface area contributed by atoms with E-state index in [9.17, 15) is 22.8 Å². The number of aromatic nitrogens is 1. The molecule has 2 amide bonds. The summed E-state index contributed by atoms with van der Waals surface area (Å²) < 4.78 is 46.6. The van der Waals surface area contributed by atoms with Crippen LogP contribution in [0.4, 0.5) is 13.2 Å². The van der Waals surface area contributed by atoms with E-state index in [4.69, 9.17) is 4.42 Å². The van der Waals surface area contributed by atoms with Crippen molar-refractivity contribution in [3.63, 3.8) is 0 Å². The summed E-state index contributed by atoms with van der Waals surface area (Å²) in [5.41, 5.74) is -0.0693. The smallest absolute Gasteiger partial charge is 0.416 e. The molecule has 0 bridgehead atoms. The van der Waals surface area contributed by atoms with Gasteiger partial charge in [-0.25, -0.2) is 0 Å². The van der Waals surface area contributed by atoms with Gasteiger partial charge >= 0.3 is 6.18 Å². The minimum Gasteiger partial charge on any atom is -0.467 e. The van der Waals surface area contributed by atoms with Gasteiger partial charge in [0, 0.05) is 30.5 Å². The Morgan fingerprint density at radius 2 is 1.88 bits per heavy atom. The van der Waals surface area contributed by atoms with Crippen molar-refractivity contribution in [3.8, 4) is 0 Å². The maximum absolute atomic E-state index is 13.3. The first-order valence-corrected chi connectivity index (χ1v) is 10.6. The summed E-state index contributed by atoms with van der Waals surface area (Å²) >= 11 is 0. The van der Waals surface area contributed by atoms with Crippen LogP contribution in [0.25, 0.3) is 0 Å². The number of hydrogen-bond donors (Lipinski definition) is 0. The zero-order chi connectivity index (χ0) is 23.6. The van der Waals surface area contributed by atoms with E-state index in [2.05, 4.69) is 0 Å². The number of alkyl halides is 3. The van der Waals surface area contributed by atoms with Gasteiger partial charge in [-0.15, -0.1) is 0 Å². The van der Waals surface area contributed by atoms with Gasteiger partial charge in [-0.3, -0.25) is 9.59 Å². The average molecular weight is 459 g/mol. The number of aryl methyl sites for hydroxylation is 1. The third kappa shape index (κ3) is 5.47. The maximum Gasteiger partial charge on any atom is 0.416 e. The zero-order valence-electron chi connectivity index (χ0n) is 18.1. The van der Waals surface area contributed by atoms with Gasteiger partial charge < -0.3 is 18.8 Å². The molecule has 4 rings (SSSR count). The lowest BCUT2D eigenvalue weighted by molar-refractivity contribution is -0.137. The minimum absolute atomic E-state index is 0.0791. The van der Waals surface area contributed by atoms with E-state index in [0.29, 0.717) is 25.1 Å². The first-order valence-electron chi connectivity index (χ1n) is 10.6. The molecule has 0 aliphatic heterocycles. The van der Waals surface area contributed by atoms with Gasteiger partial charge in [-0.2, -0.15) is 13.2 Å². The molecular weight excluding hydrogens is 435 g/mol. The number of rotatable bonds is 8. The number of nitrogens with zero attached hydrogens (tertiary/aromatic N) is 3. The molecule has 0 spiro atoms. The Balaban J connectivity index is 1.54. The van der Waals surface area contributed by atoms with Crippen LogP contribution in [0.3, 0.4) is 0 Å². The summed E-state index contributed by atoms with van der Waals surface area (Å²) in [5, 5.41) is 0. The molecule has 33 heavy (non-hydrogen) atoms. The van der Waals surface area contributed by atoms with Gasteiger partial charge in [0.1, 0.15) is 12.3 Å². The largest absolute Gasteiger partial charge is 0.467 e. The molecule has 1 aliphatic rings. The SMILES string of the molecule is Cn1cccc1CN(Cc1ccco1)C(=O)CN(C(=O)c1cccc(C(F)(F)F)c1)C1CC1. The molecule has 2 heterocycles. The van der Waals surface area contributed by atoms with E-state index in [0.717, 1.165) is 17.8 Å². The molecule has 1 aromatic carbocycles. The fraction of sp³-hybridized carbons (Fsp3) is 0.333. The Hall–Kier alpha value is -3.49. The Bertz CT molecular complexity index is 1120. The van der Waals surface area contributed by atoms with Crippen LogP contribution in [0.1, 0.15) is 40.2 Å². The van der Waals surface area contributed by atoms with Crippen LogP contribution in [0.2, 0.25) is 0 Å². The minimum atomic E-state index is -4.55. The summed E-state index contributed by atoms with van der Waals surface area (Å²) in [7, 11) is 1.87. The molecule has 0 N–H and O–H groups in total. The van der Waals surface area contributed by atoms with Gasteiger partial charge in [-0.05, 0) is 55.3 Å². The van der Waals surface area contributed by atoms with E-state index in [1.165, 1.54) is 23.3 Å². The molecule has 0 atom stereocenters. The molecule has 1 aliphatic carbocycles. The zero-order valence-corrected chi connectivity index (χ0v) is 18.1. The van der Waals surface area contributed by atoms with Gasteiger partial charge in [-0.1, -0.05) is 6.07 Å². The van der Waals surface area contributed by atoms with E-state index in [1.807, 2.05) is 29.9 Å². The van der Waals surface area contributed by atoms with Crippen LogP contribution in [0, 0.1) is 0 Å². The second kappa shape index (κ2) is 9.17. The number of amides is 2. The molecule has 3 aromatic rings. The molecule has 174 valence electrons. The van der Waals surface area contributed by atoms with Crippen LogP contribution in [0.5, 0.6) is 0 Å². The fourth-order valence-electron chi connectivity index (χ4n) is 3.67. The third-order valence-electron chi connectivity index (χ3n) is 5.67. The monoisotopic (exact) mass is 459 g/mol. The number of hydrogen-bond acceptors (Lipinski definition) is 3. The quantitative estimate of drug-likeness (QED) is 0.500. The second-order valence-electron chi connectivity index (χ2n) is 8.18. The number of benzene rings is 1. The normalized spacial score (nSPS) is 13.7. The van der Waals surface area contributed by atoms with Crippen molar-refractivity contribution in [1.82, 2.24) is 14.4 Å². The molecule has 0 unspecified atom stereocenters. The summed E-state index contributed by atoms with van der Waals surface area (Å²) in [5.74, 6) is -0.284. The topological polar surface area (TPSA) is 58.7 Å². The molecule has 0 saturated heterocycles. The van der Waals surface area contributed by atoms with Crippen molar-refractivity contribution in [1.29, 1.82) is 0 Å². The van der Waals surface area contributed by atoms with Gasteiger partial charge in [0.25, 0.3) is 5.91 Å². The van der Waals surface area contributed by atoms with Crippen molar-refractivity contribution < 1.29 is 27.2 Å². The number of furan rings is 1. The van der Waals surface area contributed by atoms with Gasteiger partial charge in [0.15, 0.2) is 0 Å². The van der Waals surface area contributed by atoms with Crippen molar-refractivity contribution in [3.05, 3.63) is 83.6 Å². The van der Waals surface area contributed by atoms with Crippen molar-refractivity contribution in [2.24, 2.45) is 7.05 Å². The molecule has 6 nitrogen and oxygen atoms in total. The molecule has 0 radical (unpaired) electrons. The van der Waals surface area contributed by atoms with Crippen LogP contribution in [-0.4, -0.2) is 38.8 Å². The Morgan fingerprint density at radius 1 is 1.09 bits per heavy atom. The summed E-state index contributed by atoms with van der Waals surface area (Å²) in [4.78, 5) is 29.4. The predicted octanol–water partition coefficient (Wildman–Crippen LogP) is 4.47. The average Bonchev–Trinajstić information content (AvgIpc) is 3.34. The maximum atomic E-state index is 13.3. The molecule has 2 aromatic heterocycles. The van der Waals surface area contributed by atoms with Crippen LogP contribution >= 0.6 is 0 Å². The lowest BCUT2D eigenvalue weighted by Gasteiger charge is -2.27. The van der Waals surface area contributed by atoms with Gasteiger partial charge in [0.05, 0.1) is 24.9 Å². The summed E-state index contributed by atoms with van der Waals surface area (Å²) in [6.45, 7) is 0.303. The summed E-state index contributed by atoms with van der Waals surface area (Å²) in [6, 6.07) is 11.4. The lowest BCUT2D eigenvalue weighted by atomic mass is 10.1. The number of carbonyl (C=O) groups is 2. The Kier molecular flexibility index (Phi) is 6.31. The van der Waals surface area contributed by atoms with Crippen molar-refractivity contribution >= 4 is 11.8 Å². The molecule has 9 heteroatoms. The van der Waals surface area contributed by atoms with E-state index >= 15 is 0 Å². The number of halogens is 3. The standard InChI is InChI=1S/C24H24F3N3O3/c1-28-11-3-7-20(28)14-29(15-21-8-4-12-33-21)22(31)16-30(19-9-10-19)23(32)17-5-2-6-18(13-17)24(25,26)27/h2-8,11-13,19H,9-10,14-16H2,1H3. The van der Waals surface area contributed by atoms with Crippen LogP contribution in [0.15, 0.2) is 65.4 Å². The first kappa shape index (κ1) is 22.7.